The molecular formula is C43H38N2S. The molecule has 0 N–H and O–H groups in total. The van der Waals surface area contributed by atoms with Crippen molar-refractivity contribution in [1.82, 2.24) is 9.97 Å². The molecule has 226 valence electrons. The molecule has 0 fully saturated rings. The molecule has 5 aromatic carbocycles. The predicted molar refractivity (Wildman–Crippen MR) is 196 cm³/mol. The number of benzene rings is 5. The lowest BCUT2D eigenvalue weighted by Gasteiger charge is -2.44. The summed E-state index contributed by atoms with van der Waals surface area (Å²) >= 11 is 1.84. The Morgan fingerprint density at radius 2 is 1.00 bits per heavy atom. The molecule has 46 heavy (non-hydrogen) atoms. The van der Waals surface area contributed by atoms with Crippen LogP contribution in [0.4, 0.5) is 0 Å². The standard InChI is InChI=1S/C43H38N2S/c1-41(2)34-24-32(27-15-9-7-10-16-27)33(25-35(34)42(3,4)43(41,5)6)40-44-36(28-17-11-8-12-18-28)26-37(45-40)29-21-22-31-30-19-13-14-20-38(30)46-39(31)23-29/h7-26H,1-6H3. The Balaban J connectivity index is 1.40. The van der Waals surface area contributed by atoms with Crippen LogP contribution >= 0.6 is 11.3 Å². The summed E-state index contributed by atoms with van der Waals surface area (Å²) in [6.45, 7) is 14.5. The maximum Gasteiger partial charge on any atom is 0.161 e. The molecule has 1 aliphatic carbocycles. The van der Waals surface area contributed by atoms with E-state index in [0.717, 1.165) is 33.9 Å². The van der Waals surface area contributed by atoms with Gasteiger partial charge in [-0.3, -0.25) is 0 Å². The van der Waals surface area contributed by atoms with E-state index in [1.165, 1.54) is 42.4 Å². The molecule has 2 nitrogen and oxygen atoms in total. The van der Waals surface area contributed by atoms with Crippen LogP contribution in [-0.4, -0.2) is 9.97 Å². The first-order valence-electron chi connectivity index (χ1n) is 16.2. The van der Waals surface area contributed by atoms with Crippen molar-refractivity contribution in [2.24, 2.45) is 5.41 Å². The average Bonchev–Trinajstić information content (AvgIpc) is 3.50. The van der Waals surface area contributed by atoms with Crippen molar-refractivity contribution in [2.45, 2.75) is 52.4 Å². The number of hydrogen-bond acceptors (Lipinski definition) is 3. The van der Waals surface area contributed by atoms with Crippen LogP contribution in [0.2, 0.25) is 0 Å². The Kier molecular flexibility index (Phi) is 6.40. The molecule has 2 aromatic heterocycles. The topological polar surface area (TPSA) is 25.8 Å². The highest BCUT2D eigenvalue weighted by atomic mass is 32.1. The first-order valence-corrected chi connectivity index (χ1v) is 17.0. The van der Waals surface area contributed by atoms with Gasteiger partial charge in [-0.1, -0.05) is 133 Å². The van der Waals surface area contributed by atoms with Crippen LogP contribution in [0.1, 0.15) is 52.7 Å². The third-order valence-electron chi connectivity index (χ3n) is 11.4. The fourth-order valence-electron chi connectivity index (χ4n) is 7.49. The fraction of sp³-hybridized carbons (Fsp3) is 0.209. The van der Waals surface area contributed by atoms with Crippen molar-refractivity contribution in [3.05, 3.63) is 132 Å². The molecule has 0 atom stereocenters. The second-order valence-electron chi connectivity index (χ2n) is 14.3. The molecule has 8 rings (SSSR count). The number of fused-ring (bicyclic) bond motifs is 4. The van der Waals surface area contributed by atoms with Gasteiger partial charge >= 0.3 is 0 Å². The van der Waals surface area contributed by atoms with Gasteiger partial charge in [-0.2, -0.15) is 0 Å². The highest BCUT2D eigenvalue weighted by Crippen LogP contribution is 2.62. The number of aromatic nitrogens is 2. The van der Waals surface area contributed by atoms with Crippen LogP contribution < -0.4 is 0 Å². The SMILES string of the molecule is CC1(C)c2cc(-c3ccccc3)c(-c3nc(-c4ccccc4)cc(-c4ccc5c(c4)sc4ccccc45)n3)cc2C(C)(C)C1(C)C. The molecule has 0 unspecified atom stereocenters. The summed E-state index contributed by atoms with van der Waals surface area (Å²) in [5, 5.41) is 2.60. The molecule has 0 radical (unpaired) electrons. The second-order valence-corrected chi connectivity index (χ2v) is 15.4. The second kappa shape index (κ2) is 10.2. The molecule has 0 bridgehead atoms. The van der Waals surface area contributed by atoms with Gasteiger partial charge in [0, 0.05) is 36.9 Å². The van der Waals surface area contributed by atoms with E-state index in [9.17, 15) is 0 Å². The lowest BCUT2D eigenvalue weighted by atomic mass is 9.59. The lowest BCUT2D eigenvalue weighted by Crippen LogP contribution is -2.42. The zero-order valence-corrected chi connectivity index (χ0v) is 28.2. The molecule has 0 saturated carbocycles. The van der Waals surface area contributed by atoms with Gasteiger partial charge in [0.2, 0.25) is 0 Å². The van der Waals surface area contributed by atoms with Crippen molar-refractivity contribution in [1.29, 1.82) is 0 Å². The van der Waals surface area contributed by atoms with Crippen LogP contribution in [0.15, 0.2) is 121 Å². The highest BCUT2D eigenvalue weighted by molar-refractivity contribution is 7.25. The summed E-state index contributed by atoms with van der Waals surface area (Å²) in [5.41, 5.74) is 10.3. The summed E-state index contributed by atoms with van der Waals surface area (Å²) < 4.78 is 2.58. The van der Waals surface area contributed by atoms with E-state index >= 15 is 0 Å². The van der Waals surface area contributed by atoms with Crippen LogP contribution in [0.25, 0.3) is 65.2 Å². The van der Waals surface area contributed by atoms with Gasteiger partial charge in [0.1, 0.15) is 0 Å². The third-order valence-corrected chi connectivity index (χ3v) is 12.6. The minimum Gasteiger partial charge on any atom is -0.228 e. The van der Waals surface area contributed by atoms with Crippen LogP contribution in [0.3, 0.4) is 0 Å². The van der Waals surface area contributed by atoms with E-state index in [1.54, 1.807) is 0 Å². The van der Waals surface area contributed by atoms with E-state index in [2.05, 4.69) is 163 Å². The van der Waals surface area contributed by atoms with Crippen LogP contribution in [-0.2, 0) is 10.8 Å². The first-order chi connectivity index (χ1) is 22.1. The Bertz CT molecular complexity index is 2270. The largest absolute Gasteiger partial charge is 0.228 e. The first kappa shape index (κ1) is 28.8. The Hall–Kier alpha value is -4.60. The molecule has 0 amide bonds. The summed E-state index contributed by atoms with van der Waals surface area (Å²) in [6.07, 6.45) is 0. The van der Waals surface area contributed by atoms with Gasteiger partial charge in [0.05, 0.1) is 11.4 Å². The molecule has 0 aliphatic heterocycles. The molecule has 7 aromatic rings. The van der Waals surface area contributed by atoms with E-state index in [4.69, 9.17) is 9.97 Å². The molecule has 0 saturated heterocycles. The van der Waals surface area contributed by atoms with Crippen molar-refractivity contribution < 1.29 is 0 Å². The maximum atomic E-state index is 5.39. The van der Waals surface area contributed by atoms with Crippen LogP contribution in [0, 0.1) is 5.41 Å². The quantitative estimate of drug-likeness (QED) is 0.197. The van der Waals surface area contributed by atoms with Gasteiger partial charge in [-0.15, -0.1) is 11.3 Å². The van der Waals surface area contributed by atoms with E-state index in [1.807, 2.05) is 11.3 Å². The highest BCUT2D eigenvalue weighted by Gasteiger charge is 2.57. The Morgan fingerprint density at radius 3 is 1.67 bits per heavy atom. The Labute approximate surface area is 275 Å². The van der Waals surface area contributed by atoms with Gasteiger partial charge in [-0.25, -0.2) is 9.97 Å². The van der Waals surface area contributed by atoms with Crippen LogP contribution in [0.5, 0.6) is 0 Å². The molecular weight excluding hydrogens is 577 g/mol. The maximum absolute atomic E-state index is 5.39. The van der Waals surface area contributed by atoms with Gasteiger partial charge < -0.3 is 0 Å². The molecule has 2 heterocycles. The minimum absolute atomic E-state index is 0.00847. The summed E-state index contributed by atoms with van der Waals surface area (Å²) in [6, 6.07) is 43.7. The number of nitrogens with zero attached hydrogens (tertiary/aromatic N) is 2. The number of thiophene rings is 1. The average molecular weight is 615 g/mol. The summed E-state index contributed by atoms with van der Waals surface area (Å²) in [4.78, 5) is 10.7. The van der Waals surface area contributed by atoms with Crippen molar-refractivity contribution >= 4 is 31.5 Å². The smallest absolute Gasteiger partial charge is 0.161 e. The zero-order chi connectivity index (χ0) is 31.8. The summed E-state index contributed by atoms with van der Waals surface area (Å²) in [5.74, 6) is 0.757. The third kappa shape index (κ3) is 4.22. The number of hydrogen-bond donors (Lipinski definition) is 0. The molecule has 0 spiro atoms. The van der Waals surface area contributed by atoms with Crippen molar-refractivity contribution in [3.8, 4) is 45.0 Å². The summed E-state index contributed by atoms with van der Waals surface area (Å²) in [7, 11) is 0. The predicted octanol–water partition coefficient (Wildman–Crippen LogP) is 12.1. The molecule has 3 heteroatoms. The number of rotatable bonds is 4. The van der Waals surface area contributed by atoms with E-state index in [-0.39, 0.29) is 16.2 Å². The fourth-order valence-corrected chi connectivity index (χ4v) is 8.63. The normalized spacial score (nSPS) is 16.1. The van der Waals surface area contributed by atoms with Gasteiger partial charge in [0.15, 0.2) is 5.82 Å². The monoisotopic (exact) mass is 614 g/mol. The van der Waals surface area contributed by atoms with Gasteiger partial charge in [0.25, 0.3) is 0 Å². The Morgan fingerprint density at radius 1 is 0.457 bits per heavy atom. The van der Waals surface area contributed by atoms with E-state index in [0.29, 0.717) is 0 Å². The van der Waals surface area contributed by atoms with Gasteiger partial charge in [-0.05, 0) is 68.8 Å². The lowest BCUT2D eigenvalue weighted by molar-refractivity contribution is 0.125. The molecule has 1 aliphatic rings. The minimum atomic E-state index is -0.0398. The van der Waals surface area contributed by atoms with E-state index < -0.39 is 0 Å². The zero-order valence-electron chi connectivity index (χ0n) is 27.3. The van der Waals surface area contributed by atoms with Crippen molar-refractivity contribution in [3.63, 3.8) is 0 Å². The van der Waals surface area contributed by atoms with Crippen molar-refractivity contribution in [2.75, 3.05) is 0 Å².